The number of hydrogen-bond donors (Lipinski definition) is 1. The van der Waals surface area contributed by atoms with Crippen LogP contribution >= 0.6 is 0 Å². The van der Waals surface area contributed by atoms with Crippen LogP contribution in [0.15, 0.2) is 18.3 Å². The lowest BCUT2D eigenvalue weighted by Gasteiger charge is -2.18. The fourth-order valence-electron chi connectivity index (χ4n) is 1.39. The Hall–Kier alpha value is -1.13. The van der Waals surface area contributed by atoms with Crippen LogP contribution in [0.1, 0.15) is 5.56 Å². The highest BCUT2D eigenvalue weighted by Gasteiger charge is 2.01. The highest BCUT2D eigenvalue weighted by molar-refractivity contribution is 5.39. The van der Waals surface area contributed by atoms with Crippen LogP contribution in [-0.2, 0) is 4.74 Å². The lowest BCUT2D eigenvalue weighted by atomic mass is 10.3. The highest BCUT2D eigenvalue weighted by atomic mass is 16.5. The Morgan fingerprint density at radius 2 is 2.25 bits per heavy atom. The Morgan fingerprint density at radius 3 is 2.94 bits per heavy atom. The van der Waals surface area contributed by atoms with Crippen molar-refractivity contribution in [1.29, 1.82) is 0 Å². The standard InChI is InChI=1S/C12H21N3O/c1-11-4-5-14-12(10-11)15(2)8-6-13-7-9-16-3/h4-5,10,13H,6-9H2,1-3H3. The molecule has 4 nitrogen and oxygen atoms in total. The second-order valence-corrected chi connectivity index (χ2v) is 3.86. The first-order valence-corrected chi connectivity index (χ1v) is 5.57. The van der Waals surface area contributed by atoms with Gasteiger partial charge in [0.15, 0.2) is 0 Å². The van der Waals surface area contributed by atoms with Crippen LogP contribution in [0, 0.1) is 6.92 Å². The van der Waals surface area contributed by atoms with E-state index >= 15 is 0 Å². The van der Waals surface area contributed by atoms with Crippen molar-refractivity contribution in [3.63, 3.8) is 0 Å². The predicted molar refractivity (Wildman–Crippen MR) is 67.0 cm³/mol. The van der Waals surface area contributed by atoms with E-state index < -0.39 is 0 Å². The molecule has 0 aliphatic rings. The summed E-state index contributed by atoms with van der Waals surface area (Å²) in [5.41, 5.74) is 1.24. The van der Waals surface area contributed by atoms with Crippen LogP contribution in [0.5, 0.6) is 0 Å². The molecule has 0 amide bonds. The van der Waals surface area contributed by atoms with Gasteiger partial charge in [0.25, 0.3) is 0 Å². The molecular formula is C12H21N3O. The zero-order valence-electron chi connectivity index (χ0n) is 10.4. The summed E-state index contributed by atoms with van der Waals surface area (Å²) in [5.74, 6) is 1.02. The van der Waals surface area contributed by atoms with Crippen molar-refractivity contribution >= 4 is 5.82 Å². The number of nitrogens with one attached hydrogen (secondary N) is 1. The summed E-state index contributed by atoms with van der Waals surface area (Å²) in [6.07, 6.45) is 1.85. The number of pyridine rings is 1. The van der Waals surface area contributed by atoms with Crippen molar-refractivity contribution in [2.75, 3.05) is 45.3 Å². The first-order valence-electron chi connectivity index (χ1n) is 5.57. The molecule has 16 heavy (non-hydrogen) atoms. The van der Waals surface area contributed by atoms with Gasteiger partial charge in [0.2, 0.25) is 0 Å². The molecular weight excluding hydrogens is 202 g/mol. The zero-order valence-corrected chi connectivity index (χ0v) is 10.4. The number of rotatable bonds is 7. The van der Waals surface area contributed by atoms with E-state index in [9.17, 15) is 0 Å². The van der Waals surface area contributed by atoms with Crippen LogP contribution in [0.4, 0.5) is 5.82 Å². The Balaban J connectivity index is 2.27. The Morgan fingerprint density at radius 1 is 1.44 bits per heavy atom. The normalized spacial score (nSPS) is 10.4. The summed E-state index contributed by atoms with van der Waals surface area (Å²) < 4.78 is 4.96. The monoisotopic (exact) mass is 223 g/mol. The van der Waals surface area contributed by atoms with Gasteiger partial charge < -0.3 is 15.0 Å². The van der Waals surface area contributed by atoms with Crippen molar-refractivity contribution in [2.45, 2.75) is 6.92 Å². The van der Waals surface area contributed by atoms with E-state index in [2.05, 4.69) is 35.2 Å². The minimum absolute atomic E-state index is 0.756. The fourth-order valence-corrected chi connectivity index (χ4v) is 1.39. The Labute approximate surface area is 97.6 Å². The van der Waals surface area contributed by atoms with Gasteiger partial charge in [0.05, 0.1) is 6.61 Å². The molecule has 90 valence electrons. The maximum atomic E-state index is 4.96. The van der Waals surface area contributed by atoms with E-state index in [4.69, 9.17) is 4.74 Å². The third kappa shape index (κ3) is 4.59. The Kier molecular flexibility index (Phi) is 5.82. The van der Waals surface area contributed by atoms with Crippen LogP contribution in [0.2, 0.25) is 0 Å². The van der Waals surface area contributed by atoms with Crippen molar-refractivity contribution in [3.8, 4) is 0 Å². The summed E-state index contributed by atoms with van der Waals surface area (Å²) in [4.78, 5) is 6.47. The summed E-state index contributed by atoms with van der Waals surface area (Å²) in [6, 6.07) is 4.10. The van der Waals surface area contributed by atoms with E-state index in [1.165, 1.54) is 5.56 Å². The average molecular weight is 223 g/mol. The third-order valence-electron chi connectivity index (χ3n) is 2.40. The molecule has 0 bridgehead atoms. The molecule has 4 heteroatoms. The first-order chi connectivity index (χ1) is 7.74. The van der Waals surface area contributed by atoms with Crippen LogP contribution in [0.25, 0.3) is 0 Å². The van der Waals surface area contributed by atoms with Gasteiger partial charge in [-0.25, -0.2) is 4.98 Å². The average Bonchev–Trinajstić information content (AvgIpc) is 2.28. The number of nitrogens with zero attached hydrogens (tertiary/aromatic N) is 2. The van der Waals surface area contributed by atoms with Crippen molar-refractivity contribution in [1.82, 2.24) is 10.3 Å². The van der Waals surface area contributed by atoms with Crippen molar-refractivity contribution < 1.29 is 4.74 Å². The zero-order chi connectivity index (χ0) is 11.8. The number of methoxy groups -OCH3 is 1. The lowest BCUT2D eigenvalue weighted by Crippen LogP contribution is -2.31. The first kappa shape index (κ1) is 12.9. The molecule has 1 rings (SSSR count). The third-order valence-corrected chi connectivity index (χ3v) is 2.40. The van der Waals surface area contributed by atoms with E-state index in [1.807, 2.05) is 12.3 Å². The van der Waals surface area contributed by atoms with E-state index in [1.54, 1.807) is 7.11 Å². The van der Waals surface area contributed by atoms with E-state index in [0.717, 1.165) is 32.1 Å². The molecule has 1 N–H and O–H groups in total. The van der Waals surface area contributed by atoms with Crippen LogP contribution in [0.3, 0.4) is 0 Å². The van der Waals surface area contributed by atoms with Gasteiger partial charge in [0, 0.05) is 40.0 Å². The predicted octanol–water partition coefficient (Wildman–Crippen LogP) is 1.06. The maximum Gasteiger partial charge on any atom is 0.128 e. The number of aromatic nitrogens is 1. The summed E-state index contributed by atoms with van der Waals surface area (Å²) in [6.45, 7) is 5.61. The molecule has 0 unspecified atom stereocenters. The molecule has 1 aromatic rings. The van der Waals surface area contributed by atoms with Gasteiger partial charge in [-0.05, 0) is 24.6 Å². The van der Waals surface area contributed by atoms with Gasteiger partial charge in [-0.3, -0.25) is 0 Å². The van der Waals surface area contributed by atoms with Gasteiger partial charge >= 0.3 is 0 Å². The van der Waals surface area contributed by atoms with Gasteiger partial charge in [-0.2, -0.15) is 0 Å². The molecule has 0 fully saturated rings. The maximum absolute atomic E-state index is 4.96. The summed E-state index contributed by atoms with van der Waals surface area (Å²) >= 11 is 0. The number of anilines is 1. The van der Waals surface area contributed by atoms with Crippen molar-refractivity contribution in [3.05, 3.63) is 23.9 Å². The van der Waals surface area contributed by atoms with Crippen LogP contribution < -0.4 is 10.2 Å². The molecule has 0 atom stereocenters. The topological polar surface area (TPSA) is 37.4 Å². The Bertz CT molecular complexity index is 304. The smallest absolute Gasteiger partial charge is 0.128 e. The quantitative estimate of drug-likeness (QED) is 0.701. The van der Waals surface area contributed by atoms with Gasteiger partial charge in [0.1, 0.15) is 5.82 Å². The largest absolute Gasteiger partial charge is 0.383 e. The minimum atomic E-state index is 0.756. The number of likely N-dealkylation sites (N-methyl/N-ethyl adjacent to an activating group) is 1. The molecule has 0 radical (unpaired) electrons. The van der Waals surface area contributed by atoms with Gasteiger partial charge in [-0.15, -0.1) is 0 Å². The summed E-state index contributed by atoms with van der Waals surface area (Å²) in [7, 11) is 3.77. The molecule has 0 aromatic carbocycles. The van der Waals surface area contributed by atoms with Crippen molar-refractivity contribution in [2.24, 2.45) is 0 Å². The molecule has 0 spiro atoms. The van der Waals surface area contributed by atoms with Gasteiger partial charge in [-0.1, -0.05) is 0 Å². The van der Waals surface area contributed by atoms with E-state index in [-0.39, 0.29) is 0 Å². The minimum Gasteiger partial charge on any atom is -0.383 e. The molecule has 1 aromatic heterocycles. The fraction of sp³-hybridized carbons (Fsp3) is 0.583. The number of hydrogen-bond acceptors (Lipinski definition) is 4. The molecule has 1 heterocycles. The SMILES string of the molecule is COCCNCCN(C)c1cc(C)ccn1. The molecule has 0 saturated carbocycles. The number of ether oxygens (including phenoxy) is 1. The summed E-state index contributed by atoms with van der Waals surface area (Å²) in [5, 5.41) is 3.31. The second-order valence-electron chi connectivity index (χ2n) is 3.86. The molecule has 0 aliphatic heterocycles. The highest BCUT2D eigenvalue weighted by Crippen LogP contribution is 2.09. The van der Waals surface area contributed by atoms with E-state index in [0.29, 0.717) is 0 Å². The molecule has 0 aliphatic carbocycles. The lowest BCUT2D eigenvalue weighted by molar-refractivity contribution is 0.200. The molecule has 0 saturated heterocycles. The van der Waals surface area contributed by atoms with Crippen LogP contribution in [-0.4, -0.2) is 45.4 Å². The second kappa shape index (κ2) is 7.19. The number of aryl methyl sites for hydroxylation is 1.